The molecule has 0 aliphatic rings. The summed E-state index contributed by atoms with van der Waals surface area (Å²) in [6.07, 6.45) is 11.5. The van der Waals surface area contributed by atoms with Crippen LogP contribution >= 0.6 is 0 Å². The van der Waals surface area contributed by atoms with E-state index in [1.807, 2.05) is 19.1 Å². The van der Waals surface area contributed by atoms with E-state index in [9.17, 15) is 9.59 Å². The van der Waals surface area contributed by atoms with Crippen molar-refractivity contribution in [3.8, 4) is 0 Å². The van der Waals surface area contributed by atoms with Crippen LogP contribution in [-0.4, -0.2) is 12.1 Å². The summed E-state index contributed by atoms with van der Waals surface area (Å²) < 4.78 is 0. The summed E-state index contributed by atoms with van der Waals surface area (Å²) in [5.74, 6) is -0.270. The minimum absolute atomic E-state index is 0.0677. The quantitative estimate of drug-likeness (QED) is 0.422. The van der Waals surface area contributed by atoms with E-state index < -0.39 is 0 Å². The van der Waals surface area contributed by atoms with E-state index >= 15 is 0 Å². The molecule has 0 heterocycles. The highest BCUT2D eigenvalue weighted by atomic mass is 16.1. The van der Waals surface area contributed by atoms with Gasteiger partial charge in [0.15, 0.2) is 12.1 Å². The minimum atomic E-state index is -0.270. The minimum Gasteiger partial charge on any atom is -0.396 e. The number of hydrogen-bond donors (Lipinski definition) is 1. The highest BCUT2D eigenvalue weighted by Crippen LogP contribution is 2.01. The van der Waals surface area contributed by atoms with Crippen LogP contribution in [0.2, 0.25) is 0 Å². The Morgan fingerprint density at radius 2 is 2.00 bits per heavy atom. The number of ketones is 1. The molecular formula is C13H17NO2. The molecule has 86 valence electrons. The molecule has 0 fully saturated rings. The molecule has 0 unspecified atom stereocenters. The fourth-order valence-corrected chi connectivity index (χ4v) is 0.963. The van der Waals surface area contributed by atoms with Crippen LogP contribution in [0, 0.1) is 0 Å². The van der Waals surface area contributed by atoms with Gasteiger partial charge in [-0.05, 0) is 13.3 Å². The van der Waals surface area contributed by atoms with Crippen LogP contribution in [0.5, 0.6) is 0 Å². The first-order chi connectivity index (χ1) is 7.65. The normalized spacial score (nSPS) is 13.6. The second kappa shape index (κ2) is 8.41. The van der Waals surface area contributed by atoms with E-state index in [1.54, 1.807) is 25.2 Å². The summed E-state index contributed by atoms with van der Waals surface area (Å²) in [4.78, 5) is 21.8. The Kier molecular flexibility index (Phi) is 7.41. The maximum absolute atomic E-state index is 11.5. The smallest absolute Gasteiger partial charge is 0.187 e. The Morgan fingerprint density at radius 3 is 2.50 bits per heavy atom. The number of aldehydes is 1. The van der Waals surface area contributed by atoms with Gasteiger partial charge < -0.3 is 5.73 Å². The van der Waals surface area contributed by atoms with Gasteiger partial charge in [0.2, 0.25) is 0 Å². The lowest BCUT2D eigenvalue weighted by Crippen LogP contribution is -2.04. The Labute approximate surface area is 96.0 Å². The Bertz CT molecular complexity index is 360. The van der Waals surface area contributed by atoms with Crippen molar-refractivity contribution in [3.05, 3.63) is 47.7 Å². The van der Waals surface area contributed by atoms with Crippen molar-refractivity contribution >= 4 is 12.1 Å². The third-order valence-corrected chi connectivity index (χ3v) is 1.79. The van der Waals surface area contributed by atoms with Crippen molar-refractivity contribution < 1.29 is 9.59 Å². The first-order valence-electron chi connectivity index (χ1n) is 5.11. The van der Waals surface area contributed by atoms with Gasteiger partial charge in [0, 0.05) is 11.6 Å². The zero-order valence-corrected chi connectivity index (χ0v) is 9.64. The van der Waals surface area contributed by atoms with E-state index in [4.69, 9.17) is 5.73 Å². The van der Waals surface area contributed by atoms with Crippen LogP contribution in [0.25, 0.3) is 0 Å². The summed E-state index contributed by atoms with van der Waals surface area (Å²) in [5, 5.41) is 0. The van der Waals surface area contributed by atoms with Crippen molar-refractivity contribution in [2.45, 2.75) is 20.3 Å². The van der Waals surface area contributed by atoms with Gasteiger partial charge >= 0.3 is 0 Å². The molecule has 0 atom stereocenters. The molecule has 0 aliphatic heterocycles. The molecular weight excluding hydrogens is 202 g/mol. The number of nitrogens with two attached hydrogens (primary N) is 1. The first-order valence-corrected chi connectivity index (χ1v) is 5.11. The van der Waals surface area contributed by atoms with Gasteiger partial charge in [0.05, 0.1) is 5.70 Å². The molecule has 16 heavy (non-hydrogen) atoms. The average molecular weight is 219 g/mol. The molecule has 0 saturated carbocycles. The van der Waals surface area contributed by atoms with E-state index in [0.29, 0.717) is 11.9 Å². The molecule has 2 N–H and O–H groups in total. The maximum Gasteiger partial charge on any atom is 0.187 e. The van der Waals surface area contributed by atoms with Gasteiger partial charge in [0.25, 0.3) is 0 Å². The maximum atomic E-state index is 11.5. The third-order valence-electron chi connectivity index (χ3n) is 1.79. The first kappa shape index (κ1) is 14.1. The van der Waals surface area contributed by atoms with Crippen molar-refractivity contribution in [2.24, 2.45) is 5.73 Å². The second-order valence-corrected chi connectivity index (χ2v) is 3.07. The fraction of sp³-hybridized carbons (Fsp3) is 0.231. The zero-order valence-electron chi connectivity index (χ0n) is 9.64. The molecule has 0 rings (SSSR count). The molecule has 0 aliphatic carbocycles. The number of carbonyl (C=O) groups is 2. The monoisotopic (exact) mass is 219 g/mol. The number of allylic oxidation sites excluding steroid dienone is 8. The van der Waals surface area contributed by atoms with Crippen molar-refractivity contribution in [1.82, 2.24) is 0 Å². The van der Waals surface area contributed by atoms with Gasteiger partial charge in [-0.25, -0.2) is 0 Å². The van der Waals surface area contributed by atoms with Crippen molar-refractivity contribution in [1.29, 1.82) is 0 Å². The molecule has 0 saturated heterocycles. The van der Waals surface area contributed by atoms with Crippen molar-refractivity contribution in [2.75, 3.05) is 0 Å². The van der Waals surface area contributed by atoms with Crippen LogP contribution in [0.4, 0.5) is 0 Å². The predicted octanol–water partition coefficient (Wildman–Crippen LogP) is 2.07. The predicted molar refractivity (Wildman–Crippen MR) is 65.7 cm³/mol. The molecule has 0 aromatic carbocycles. The van der Waals surface area contributed by atoms with Gasteiger partial charge in [-0.15, -0.1) is 0 Å². The van der Waals surface area contributed by atoms with E-state index in [-0.39, 0.29) is 11.5 Å². The summed E-state index contributed by atoms with van der Waals surface area (Å²) in [7, 11) is 0. The van der Waals surface area contributed by atoms with Crippen LogP contribution in [0.3, 0.4) is 0 Å². The van der Waals surface area contributed by atoms with E-state index in [2.05, 4.69) is 0 Å². The lowest BCUT2D eigenvalue weighted by Gasteiger charge is -1.95. The number of rotatable bonds is 6. The van der Waals surface area contributed by atoms with Gasteiger partial charge in [-0.1, -0.05) is 37.3 Å². The van der Waals surface area contributed by atoms with Crippen LogP contribution in [-0.2, 0) is 9.59 Å². The van der Waals surface area contributed by atoms with Crippen molar-refractivity contribution in [3.63, 3.8) is 0 Å². The summed E-state index contributed by atoms with van der Waals surface area (Å²) in [6, 6.07) is 0. The lowest BCUT2D eigenvalue weighted by molar-refractivity contribution is -0.111. The molecule has 0 bridgehead atoms. The van der Waals surface area contributed by atoms with Crippen LogP contribution in [0.15, 0.2) is 47.7 Å². The molecule has 3 nitrogen and oxygen atoms in total. The Balaban J connectivity index is 4.65. The fourth-order valence-electron chi connectivity index (χ4n) is 0.963. The summed E-state index contributed by atoms with van der Waals surface area (Å²) in [5.41, 5.74) is 5.69. The standard InChI is InChI=1S/C13H17NO2/c1-3-5-6-7-8-11(4-2)13(16)9-12(14)10-15/h4-10H,3,14H2,1-2H3/b6-5-,8-7-,11-4+,12-9-. The van der Waals surface area contributed by atoms with Crippen LogP contribution in [0.1, 0.15) is 20.3 Å². The largest absolute Gasteiger partial charge is 0.396 e. The SMILES string of the molecule is C\C=C(/C=C\C=C/CC)C(=O)/C=C(\N)C=O. The number of hydrogen-bond acceptors (Lipinski definition) is 3. The average Bonchev–Trinajstić information content (AvgIpc) is 2.28. The highest BCUT2D eigenvalue weighted by molar-refractivity contribution is 6.08. The molecule has 0 aromatic heterocycles. The third kappa shape index (κ3) is 5.75. The van der Waals surface area contributed by atoms with Gasteiger partial charge in [0.1, 0.15) is 0 Å². The van der Waals surface area contributed by atoms with Crippen LogP contribution < -0.4 is 5.73 Å². The molecule has 0 radical (unpaired) electrons. The second-order valence-electron chi connectivity index (χ2n) is 3.07. The Hall–Kier alpha value is -1.90. The molecule has 0 amide bonds. The number of carbonyl (C=O) groups excluding carboxylic acids is 2. The summed E-state index contributed by atoms with van der Waals surface area (Å²) in [6.45, 7) is 3.78. The Morgan fingerprint density at radius 1 is 1.31 bits per heavy atom. The van der Waals surface area contributed by atoms with E-state index in [0.717, 1.165) is 12.5 Å². The zero-order chi connectivity index (χ0) is 12.4. The van der Waals surface area contributed by atoms with E-state index in [1.165, 1.54) is 0 Å². The highest BCUT2D eigenvalue weighted by Gasteiger charge is 2.02. The van der Waals surface area contributed by atoms with Gasteiger partial charge in [-0.2, -0.15) is 0 Å². The lowest BCUT2D eigenvalue weighted by atomic mass is 10.1. The molecule has 0 aromatic rings. The van der Waals surface area contributed by atoms with Gasteiger partial charge in [-0.3, -0.25) is 9.59 Å². The molecule has 0 spiro atoms. The summed E-state index contributed by atoms with van der Waals surface area (Å²) >= 11 is 0. The topological polar surface area (TPSA) is 60.2 Å². The molecule has 3 heteroatoms.